The SMILES string of the molecule is CC(C)(C)OC(=O)N1CCN(C(=O)CNc2ccccc2NC(=O)c2ccccc2)CC1. The number of piperazine rings is 1. The highest BCUT2D eigenvalue weighted by Gasteiger charge is 2.27. The highest BCUT2D eigenvalue weighted by Crippen LogP contribution is 2.22. The normalized spacial score (nSPS) is 14.0. The van der Waals surface area contributed by atoms with E-state index in [0.717, 1.165) is 0 Å². The van der Waals surface area contributed by atoms with E-state index < -0.39 is 5.60 Å². The maximum absolute atomic E-state index is 12.7. The summed E-state index contributed by atoms with van der Waals surface area (Å²) in [5.41, 5.74) is 1.28. The van der Waals surface area contributed by atoms with Crippen LogP contribution in [0.2, 0.25) is 0 Å². The summed E-state index contributed by atoms with van der Waals surface area (Å²) in [6.45, 7) is 7.35. The van der Waals surface area contributed by atoms with E-state index in [2.05, 4.69) is 10.6 Å². The molecule has 2 aromatic rings. The molecule has 0 spiro atoms. The Balaban J connectivity index is 1.52. The molecular weight excluding hydrogens is 408 g/mol. The second-order valence-corrected chi connectivity index (χ2v) is 8.57. The van der Waals surface area contributed by atoms with Gasteiger partial charge in [-0.2, -0.15) is 0 Å². The Morgan fingerprint density at radius 1 is 0.844 bits per heavy atom. The van der Waals surface area contributed by atoms with Gasteiger partial charge in [-0.25, -0.2) is 4.79 Å². The third-order valence-electron chi connectivity index (χ3n) is 4.93. The zero-order chi connectivity index (χ0) is 23.1. The molecule has 2 N–H and O–H groups in total. The maximum Gasteiger partial charge on any atom is 0.410 e. The van der Waals surface area contributed by atoms with E-state index in [9.17, 15) is 14.4 Å². The first-order chi connectivity index (χ1) is 15.2. The predicted octanol–water partition coefficient (Wildman–Crippen LogP) is 3.43. The lowest BCUT2D eigenvalue weighted by molar-refractivity contribution is -0.131. The summed E-state index contributed by atoms with van der Waals surface area (Å²) >= 11 is 0. The van der Waals surface area contributed by atoms with Crippen LogP contribution in [0.4, 0.5) is 16.2 Å². The van der Waals surface area contributed by atoms with E-state index >= 15 is 0 Å². The molecule has 0 aliphatic carbocycles. The standard InChI is InChI=1S/C24H30N4O4/c1-24(2,3)32-23(31)28-15-13-27(14-16-28)21(29)17-25-19-11-7-8-12-20(19)26-22(30)18-9-5-4-6-10-18/h4-12,25H,13-17H2,1-3H3,(H,26,30). The monoisotopic (exact) mass is 438 g/mol. The molecule has 8 nitrogen and oxygen atoms in total. The molecule has 0 aromatic heterocycles. The van der Waals surface area contributed by atoms with Crippen molar-refractivity contribution in [1.82, 2.24) is 9.80 Å². The molecule has 0 unspecified atom stereocenters. The fourth-order valence-corrected chi connectivity index (χ4v) is 3.28. The van der Waals surface area contributed by atoms with Crippen LogP contribution in [-0.4, -0.2) is 66.0 Å². The average Bonchev–Trinajstić information content (AvgIpc) is 2.78. The van der Waals surface area contributed by atoms with Gasteiger partial charge in [0, 0.05) is 31.7 Å². The van der Waals surface area contributed by atoms with Crippen molar-refractivity contribution < 1.29 is 19.1 Å². The summed E-state index contributed by atoms with van der Waals surface area (Å²) in [6.07, 6.45) is -0.356. The van der Waals surface area contributed by atoms with E-state index in [1.807, 2.05) is 45.0 Å². The van der Waals surface area contributed by atoms with Gasteiger partial charge >= 0.3 is 6.09 Å². The summed E-state index contributed by atoms with van der Waals surface area (Å²) in [5, 5.41) is 6.00. The minimum atomic E-state index is -0.544. The third kappa shape index (κ3) is 6.47. The first kappa shape index (κ1) is 23.1. The van der Waals surface area contributed by atoms with Crippen LogP contribution in [0.15, 0.2) is 54.6 Å². The van der Waals surface area contributed by atoms with Crippen molar-refractivity contribution in [1.29, 1.82) is 0 Å². The van der Waals surface area contributed by atoms with E-state index in [0.29, 0.717) is 43.1 Å². The lowest BCUT2D eigenvalue weighted by Gasteiger charge is -2.35. The molecule has 0 atom stereocenters. The van der Waals surface area contributed by atoms with Crippen LogP contribution < -0.4 is 10.6 Å². The number of para-hydroxylation sites is 2. The minimum absolute atomic E-state index is 0.0713. The summed E-state index contributed by atoms with van der Waals surface area (Å²) in [7, 11) is 0. The van der Waals surface area contributed by atoms with Gasteiger partial charge in [-0.15, -0.1) is 0 Å². The Morgan fingerprint density at radius 3 is 2.03 bits per heavy atom. The Hall–Kier alpha value is -3.55. The number of hydrogen-bond acceptors (Lipinski definition) is 5. The van der Waals surface area contributed by atoms with Crippen LogP contribution in [0.3, 0.4) is 0 Å². The van der Waals surface area contributed by atoms with Gasteiger partial charge in [-0.3, -0.25) is 9.59 Å². The van der Waals surface area contributed by atoms with Gasteiger partial charge in [0.2, 0.25) is 5.91 Å². The molecule has 170 valence electrons. The zero-order valence-electron chi connectivity index (χ0n) is 18.8. The Bertz CT molecular complexity index is 948. The molecule has 1 aliphatic rings. The van der Waals surface area contributed by atoms with Crippen LogP contribution in [0, 0.1) is 0 Å². The predicted molar refractivity (Wildman–Crippen MR) is 124 cm³/mol. The van der Waals surface area contributed by atoms with Crippen LogP contribution in [0.1, 0.15) is 31.1 Å². The first-order valence-electron chi connectivity index (χ1n) is 10.7. The molecule has 3 amide bonds. The van der Waals surface area contributed by atoms with Crippen molar-refractivity contribution in [3.05, 3.63) is 60.2 Å². The number of ether oxygens (including phenoxy) is 1. The largest absolute Gasteiger partial charge is 0.444 e. The Labute approximate surface area is 188 Å². The quantitative estimate of drug-likeness (QED) is 0.746. The molecule has 1 aliphatic heterocycles. The van der Waals surface area contributed by atoms with Crippen molar-refractivity contribution in [2.24, 2.45) is 0 Å². The van der Waals surface area contributed by atoms with Crippen LogP contribution in [0.5, 0.6) is 0 Å². The molecule has 0 saturated carbocycles. The summed E-state index contributed by atoms with van der Waals surface area (Å²) in [6, 6.07) is 16.2. The number of nitrogens with one attached hydrogen (secondary N) is 2. The fourth-order valence-electron chi connectivity index (χ4n) is 3.28. The molecule has 1 saturated heterocycles. The van der Waals surface area contributed by atoms with Gasteiger partial charge in [0.1, 0.15) is 5.60 Å². The Kier molecular flexibility index (Phi) is 7.35. The molecule has 32 heavy (non-hydrogen) atoms. The van der Waals surface area contributed by atoms with Crippen molar-refractivity contribution in [3.8, 4) is 0 Å². The third-order valence-corrected chi connectivity index (χ3v) is 4.93. The van der Waals surface area contributed by atoms with Crippen molar-refractivity contribution in [3.63, 3.8) is 0 Å². The number of anilines is 2. The van der Waals surface area contributed by atoms with Crippen molar-refractivity contribution in [2.45, 2.75) is 26.4 Å². The van der Waals surface area contributed by atoms with Gasteiger partial charge in [0.15, 0.2) is 0 Å². The second kappa shape index (κ2) is 10.2. The van der Waals surface area contributed by atoms with Gasteiger partial charge in [-0.1, -0.05) is 30.3 Å². The molecule has 8 heteroatoms. The number of hydrogen-bond donors (Lipinski definition) is 2. The number of nitrogens with zero attached hydrogens (tertiary/aromatic N) is 2. The molecule has 0 bridgehead atoms. The van der Waals surface area contributed by atoms with Crippen LogP contribution in [-0.2, 0) is 9.53 Å². The highest BCUT2D eigenvalue weighted by molar-refractivity contribution is 6.06. The van der Waals surface area contributed by atoms with Gasteiger partial charge in [0.05, 0.1) is 17.9 Å². The van der Waals surface area contributed by atoms with Gasteiger partial charge in [-0.05, 0) is 45.0 Å². The van der Waals surface area contributed by atoms with Crippen LogP contribution >= 0.6 is 0 Å². The van der Waals surface area contributed by atoms with E-state index in [4.69, 9.17) is 4.74 Å². The lowest BCUT2D eigenvalue weighted by Crippen LogP contribution is -2.52. The summed E-state index contributed by atoms with van der Waals surface area (Å²) < 4.78 is 5.39. The van der Waals surface area contributed by atoms with E-state index in [1.54, 1.807) is 40.1 Å². The van der Waals surface area contributed by atoms with Crippen molar-refractivity contribution in [2.75, 3.05) is 43.4 Å². The number of carbonyl (C=O) groups is 3. The summed E-state index contributed by atoms with van der Waals surface area (Å²) in [5.74, 6) is -0.289. The molecule has 3 rings (SSSR count). The number of benzene rings is 2. The molecule has 1 heterocycles. The first-order valence-corrected chi connectivity index (χ1v) is 10.7. The topological polar surface area (TPSA) is 91.0 Å². The minimum Gasteiger partial charge on any atom is -0.444 e. The summed E-state index contributed by atoms with van der Waals surface area (Å²) in [4.78, 5) is 40.7. The smallest absolute Gasteiger partial charge is 0.410 e. The number of rotatable bonds is 5. The number of amides is 3. The Morgan fingerprint density at radius 2 is 1.41 bits per heavy atom. The molecule has 0 radical (unpaired) electrons. The van der Waals surface area contributed by atoms with Crippen molar-refractivity contribution >= 4 is 29.3 Å². The van der Waals surface area contributed by atoms with Gasteiger partial charge in [0.25, 0.3) is 5.91 Å². The fraction of sp³-hybridized carbons (Fsp3) is 0.375. The average molecular weight is 439 g/mol. The lowest BCUT2D eigenvalue weighted by atomic mass is 10.2. The highest BCUT2D eigenvalue weighted by atomic mass is 16.6. The van der Waals surface area contributed by atoms with Crippen LogP contribution in [0.25, 0.3) is 0 Å². The van der Waals surface area contributed by atoms with E-state index in [1.165, 1.54) is 0 Å². The van der Waals surface area contributed by atoms with Gasteiger partial charge < -0.3 is 25.2 Å². The molecular formula is C24H30N4O4. The maximum atomic E-state index is 12.7. The second-order valence-electron chi connectivity index (χ2n) is 8.57. The molecule has 2 aromatic carbocycles. The zero-order valence-corrected chi connectivity index (χ0v) is 18.8. The number of carbonyl (C=O) groups excluding carboxylic acids is 3. The molecule has 1 fully saturated rings. The van der Waals surface area contributed by atoms with E-state index in [-0.39, 0.29) is 24.5 Å².